The molecule has 0 unspecified atom stereocenters. The minimum absolute atomic E-state index is 0.0543. The molecule has 0 heteroatoms. The summed E-state index contributed by atoms with van der Waals surface area (Å²) in [5, 5.41) is 5.38. The fourth-order valence-electron chi connectivity index (χ4n) is 4.27. The third kappa shape index (κ3) is 1.56. The van der Waals surface area contributed by atoms with Crippen molar-refractivity contribution in [2.45, 2.75) is 19.3 Å². The van der Waals surface area contributed by atoms with Gasteiger partial charge in [-0.1, -0.05) is 86.6 Å². The molecule has 0 N–H and O–H groups in total. The van der Waals surface area contributed by atoms with E-state index < -0.39 is 0 Å². The zero-order valence-electron chi connectivity index (χ0n) is 13.4. The van der Waals surface area contributed by atoms with Crippen molar-refractivity contribution in [3.63, 3.8) is 0 Å². The summed E-state index contributed by atoms with van der Waals surface area (Å²) in [7, 11) is 0. The van der Waals surface area contributed by atoms with Gasteiger partial charge in [-0.15, -0.1) is 0 Å². The monoisotopic (exact) mass is 294 g/mol. The van der Waals surface area contributed by atoms with Gasteiger partial charge in [0.1, 0.15) is 0 Å². The molecule has 110 valence electrons. The highest BCUT2D eigenvalue weighted by Crippen LogP contribution is 2.53. The smallest absolute Gasteiger partial charge is 0.0159 e. The lowest BCUT2D eigenvalue weighted by atomic mass is 9.82. The molecule has 0 fully saturated rings. The third-order valence-electron chi connectivity index (χ3n) is 5.45. The van der Waals surface area contributed by atoms with Gasteiger partial charge in [-0.2, -0.15) is 0 Å². The summed E-state index contributed by atoms with van der Waals surface area (Å²) in [6.45, 7) is 4.70. The fraction of sp³-hybridized carbons (Fsp3) is 0.130. The van der Waals surface area contributed by atoms with Crippen LogP contribution in [-0.4, -0.2) is 0 Å². The maximum absolute atomic E-state index is 2.35. The van der Waals surface area contributed by atoms with Crippen molar-refractivity contribution in [3.8, 4) is 11.1 Å². The predicted molar refractivity (Wildman–Crippen MR) is 99.0 cm³/mol. The zero-order chi connectivity index (χ0) is 15.6. The van der Waals surface area contributed by atoms with E-state index in [-0.39, 0.29) is 5.41 Å². The second-order valence-corrected chi connectivity index (χ2v) is 7.04. The van der Waals surface area contributed by atoms with Crippen molar-refractivity contribution in [2.75, 3.05) is 0 Å². The van der Waals surface area contributed by atoms with Gasteiger partial charge in [-0.05, 0) is 43.8 Å². The van der Waals surface area contributed by atoms with Crippen LogP contribution >= 0.6 is 0 Å². The molecule has 0 radical (unpaired) electrons. The van der Waals surface area contributed by atoms with E-state index in [0.29, 0.717) is 0 Å². The maximum Gasteiger partial charge on any atom is 0.0159 e. The summed E-state index contributed by atoms with van der Waals surface area (Å²) in [6.07, 6.45) is 0. The van der Waals surface area contributed by atoms with Gasteiger partial charge in [0.25, 0.3) is 0 Å². The summed E-state index contributed by atoms with van der Waals surface area (Å²) in [4.78, 5) is 0. The van der Waals surface area contributed by atoms with Gasteiger partial charge in [-0.3, -0.25) is 0 Å². The average molecular weight is 294 g/mol. The summed E-state index contributed by atoms with van der Waals surface area (Å²) in [6, 6.07) is 26.7. The minimum atomic E-state index is 0.0543. The maximum atomic E-state index is 2.35. The molecule has 4 aromatic carbocycles. The second kappa shape index (κ2) is 4.23. The molecule has 0 aliphatic heterocycles. The van der Waals surface area contributed by atoms with Gasteiger partial charge in [0.2, 0.25) is 0 Å². The highest BCUT2D eigenvalue weighted by molar-refractivity contribution is 6.10. The Bertz CT molecular complexity index is 996. The second-order valence-electron chi connectivity index (χ2n) is 7.04. The summed E-state index contributed by atoms with van der Waals surface area (Å²) < 4.78 is 0. The normalized spacial score (nSPS) is 14.9. The van der Waals surface area contributed by atoms with E-state index in [2.05, 4.69) is 86.6 Å². The van der Waals surface area contributed by atoms with Crippen LogP contribution in [0.4, 0.5) is 0 Å². The Balaban J connectivity index is 2.06. The van der Waals surface area contributed by atoms with Crippen molar-refractivity contribution in [1.82, 2.24) is 0 Å². The highest BCUT2D eigenvalue weighted by atomic mass is 14.4. The molecular weight excluding hydrogens is 276 g/mol. The fourth-order valence-corrected chi connectivity index (χ4v) is 4.27. The Morgan fingerprint density at radius 3 is 1.43 bits per heavy atom. The first-order valence-corrected chi connectivity index (χ1v) is 8.23. The van der Waals surface area contributed by atoms with Crippen molar-refractivity contribution < 1.29 is 0 Å². The van der Waals surface area contributed by atoms with Gasteiger partial charge in [-0.25, -0.2) is 0 Å². The quantitative estimate of drug-likeness (QED) is 0.357. The molecule has 0 saturated carbocycles. The molecule has 0 aromatic heterocycles. The Hall–Kier alpha value is -2.60. The molecular formula is C23H18. The number of benzene rings is 4. The van der Waals surface area contributed by atoms with E-state index in [0.717, 1.165) is 0 Å². The van der Waals surface area contributed by atoms with Gasteiger partial charge in [0, 0.05) is 5.41 Å². The molecule has 4 aromatic rings. The van der Waals surface area contributed by atoms with Crippen LogP contribution in [0, 0.1) is 0 Å². The first kappa shape index (κ1) is 12.9. The Kier molecular flexibility index (Phi) is 2.37. The van der Waals surface area contributed by atoms with Gasteiger partial charge < -0.3 is 0 Å². The molecule has 0 bridgehead atoms. The van der Waals surface area contributed by atoms with E-state index in [9.17, 15) is 0 Å². The van der Waals surface area contributed by atoms with E-state index in [1.165, 1.54) is 43.8 Å². The van der Waals surface area contributed by atoms with Gasteiger partial charge in [0.15, 0.2) is 0 Å². The van der Waals surface area contributed by atoms with Crippen LogP contribution < -0.4 is 0 Å². The SMILES string of the molecule is CC1(C)c2ccc3ccccc3c2-c2c1ccc1ccccc21. The molecule has 23 heavy (non-hydrogen) atoms. The van der Waals surface area contributed by atoms with Crippen LogP contribution in [0.1, 0.15) is 25.0 Å². The molecule has 1 aliphatic carbocycles. The number of fused-ring (bicyclic) bond motifs is 7. The molecule has 0 saturated heterocycles. The molecule has 0 nitrogen and oxygen atoms in total. The predicted octanol–water partition coefficient (Wildman–Crippen LogP) is 6.30. The van der Waals surface area contributed by atoms with Crippen LogP contribution in [0.3, 0.4) is 0 Å². The minimum Gasteiger partial charge on any atom is -0.0616 e. The van der Waals surface area contributed by atoms with E-state index in [4.69, 9.17) is 0 Å². The average Bonchev–Trinajstić information content (AvgIpc) is 2.83. The van der Waals surface area contributed by atoms with E-state index in [1.54, 1.807) is 0 Å². The third-order valence-corrected chi connectivity index (χ3v) is 5.45. The highest BCUT2D eigenvalue weighted by Gasteiger charge is 2.37. The van der Waals surface area contributed by atoms with Crippen molar-refractivity contribution >= 4 is 21.5 Å². The Labute approximate surface area is 136 Å². The van der Waals surface area contributed by atoms with Crippen molar-refractivity contribution in [1.29, 1.82) is 0 Å². The van der Waals surface area contributed by atoms with Crippen LogP contribution in [0.15, 0.2) is 72.8 Å². The number of rotatable bonds is 0. The summed E-state index contributed by atoms with van der Waals surface area (Å²) >= 11 is 0. The standard InChI is InChI=1S/C23H18/c1-23(2)19-13-11-15-7-3-5-9-17(15)21(19)22-18-10-6-4-8-16(18)12-14-20(22)23/h3-14H,1-2H3. The molecule has 0 heterocycles. The molecule has 5 rings (SSSR count). The largest absolute Gasteiger partial charge is 0.0616 e. The Morgan fingerprint density at radius 2 is 0.957 bits per heavy atom. The van der Waals surface area contributed by atoms with Gasteiger partial charge >= 0.3 is 0 Å². The number of hydrogen-bond donors (Lipinski definition) is 0. The zero-order valence-corrected chi connectivity index (χ0v) is 13.4. The van der Waals surface area contributed by atoms with Crippen LogP contribution in [-0.2, 0) is 5.41 Å². The lowest BCUT2D eigenvalue weighted by Crippen LogP contribution is -2.14. The van der Waals surface area contributed by atoms with Crippen molar-refractivity contribution in [3.05, 3.63) is 83.9 Å². The number of hydrogen-bond acceptors (Lipinski definition) is 0. The Morgan fingerprint density at radius 1 is 0.522 bits per heavy atom. The first-order valence-electron chi connectivity index (χ1n) is 8.23. The first-order chi connectivity index (χ1) is 11.2. The molecule has 0 atom stereocenters. The lowest BCUT2D eigenvalue weighted by molar-refractivity contribution is 0.661. The summed E-state index contributed by atoms with van der Waals surface area (Å²) in [5.74, 6) is 0. The molecule has 0 spiro atoms. The van der Waals surface area contributed by atoms with Crippen LogP contribution in [0.25, 0.3) is 32.7 Å². The molecule has 1 aliphatic rings. The van der Waals surface area contributed by atoms with E-state index >= 15 is 0 Å². The lowest BCUT2D eigenvalue weighted by Gasteiger charge is -2.21. The van der Waals surface area contributed by atoms with Crippen LogP contribution in [0.2, 0.25) is 0 Å². The van der Waals surface area contributed by atoms with Crippen molar-refractivity contribution in [2.24, 2.45) is 0 Å². The molecule has 0 amide bonds. The van der Waals surface area contributed by atoms with Crippen LogP contribution in [0.5, 0.6) is 0 Å². The topological polar surface area (TPSA) is 0 Å². The van der Waals surface area contributed by atoms with E-state index in [1.807, 2.05) is 0 Å². The van der Waals surface area contributed by atoms with Gasteiger partial charge in [0.05, 0.1) is 0 Å². The summed E-state index contributed by atoms with van der Waals surface area (Å²) in [5.41, 5.74) is 5.81.